The average Bonchev–Trinajstić information content (AvgIpc) is 3.14. The maximum atomic E-state index is 12.2. The van der Waals surface area contributed by atoms with Crippen molar-refractivity contribution < 1.29 is 4.79 Å². The molecule has 3 aromatic rings. The van der Waals surface area contributed by atoms with Crippen LogP contribution in [0.15, 0.2) is 59.8 Å². The van der Waals surface area contributed by atoms with E-state index in [4.69, 9.17) is 0 Å². The normalized spacial score (nSPS) is 12.0. The third kappa shape index (κ3) is 5.70. The van der Waals surface area contributed by atoms with Crippen molar-refractivity contribution in [3.63, 3.8) is 0 Å². The lowest BCUT2D eigenvalue weighted by Gasteiger charge is -2.11. The van der Waals surface area contributed by atoms with Gasteiger partial charge in [0.2, 0.25) is 0 Å². The fourth-order valence-electron chi connectivity index (χ4n) is 2.96. The number of rotatable bonds is 9. The van der Waals surface area contributed by atoms with Crippen LogP contribution in [0.3, 0.4) is 0 Å². The minimum Gasteiger partial charge on any atom is -0.350 e. The molecule has 0 radical (unpaired) electrons. The monoisotopic (exact) mass is 408 g/mol. The summed E-state index contributed by atoms with van der Waals surface area (Å²) in [6, 6.07) is 18.3. The Morgan fingerprint density at radius 1 is 1.03 bits per heavy atom. The summed E-state index contributed by atoms with van der Waals surface area (Å²) in [4.78, 5) is 12.2. The topological polar surface area (TPSA) is 59.8 Å². The largest absolute Gasteiger partial charge is 0.350 e. The van der Waals surface area contributed by atoms with Gasteiger partial charge in [0.25, 0.3) is 5.91 Å². The van der Waals surface area contributed by atoms with E-state index in [0.717, 1.165) is 41.7 Å². The van der Waals surface area contributed by atoms with Crippen molar-refractivity contribution in [2.45, 2.75) is 57.1 Å². The highest BCUT2D eigenvalue weighted by atomic mass is 32.2. The molecule has 0 aliphatic rings. The van der Waals surface area contributed by atoms with Crippen LogP contribution in [0.5, 0.6) is 0 Å². The molecule has 0 spiro atoms. The molecule has 6 heteroatoms. The van der Waals surface area contributed by atoms with Crippen molar-refractivity contribution >= 4 is 17.7 Å². The summed E-state index contributed by atoms with van der Waals surface area (Å²) in [7, 11) is 0. The van der Waals surface area contributed by atoms with Crippen LogP contribution in [-0.2, 0) is 18.7 Å². The standard InChI is InChI=1S/C23H28N4OS/c1-4-17(3)24-22(28)20-13-11-19(12-14-20)16-29-23-26-25-21(27(23)5-2)15-18-9-7-6-8-10-18/h6-14,17H,4-5,15-16H2,1-3H3,(H,24,28)/t17-/m0/s1. The van der Waals surface area contributed by atoms with E-state index in [9.17, 15) is 4.79 Å². The Morgan fingerprint density at radius 3 is 2.41 bits per heavy atom. The number of aromatic nitrogens is 3. The van der Waals surface area contributed by atoms with Crippen LogP contribution >= 0.6 is 11.8 Å². The molecule has 152 valence electrons. The summed E-state index contributed by atoms with van der Waals surface area (Å²) in [6.45, 7) is 7.03. The van der Waals surface area contributed by atoms with Gasteiger partial charge in [0.05, 0.1) is 0 Å². The number of benzene rings is 2. The van der Waals surface area contributed by atoms with E-state index in [2.05, 4.69) is 46.1 Å². The molecule has 1 amide bonds. The van der Waals surface area contributed by atoms with E-state index in [1.807, 2.05) is 49.4 Å². The van der Waals surface area contributed by atoms with Gasteiger partial charge in [-0.1, -0.05) is 61.2 Å². The smallest absolute Gasteiger partial charge is 0.251 e. The molecular formula is C23H28N4OS. The second-order valence-corrected chi connectivity index (χ2v) is 8.02. The van der Waals surface area contributed by atoms with Crippen LogP contribution < -0.4 is 5.32 Å². The summed E-state index contributed by atoms with van der Waals surface area (Å²) in [5.41, 5.74) is 3.09. The lowest BCUT2D eigenvalue weighted by atomic mass is 10.1. The quantitative estimate of drug-likeness (QED) is 0.521. The number of thioether (sulfide) groups is 1. The molecule has 1 heterocycles. The second kappa shape index (κ2) is 10.3. The first-order valence-corrected chi connectivity index (χ1v) is 11.1. The molecule has 1 N–H and O–H groups in total. The number of nitrogens with one attached hydrogen (secondary N) is 1. The Balaban J connectivity index is 1.62. The van der Waals surface area contributed by atoms with E-state index in [1.54, 1.807) is 11.8 Å². The molecule has 0 fully saturated rings. The van der Waals surface area contributed by atoms with Crippen LogP contribution in [0.4, 0.5) is 0 Å². The number of nitrogens with zero attached hydrogens (tertiary/aromatic N) is 3. The molecule has 0 aliphatic carbocycles. The Morgan fingerprint density at radius 2 is 1.76 bits per heavy atom. The highest BCUT2D eigenvalue weighted by molar-refractivity contribution is 7.98. The van der Waals surface area contributed by atoms with Gasteiger partial charge in [0.1, 0.15) is 5.82 Å². The number of hydrogen-bond donors (Lipinski definition) is 1. The number of carbonyl (C=O) groups excluding carboxylic acids is 1. The minimum atomic E-state index is -0.0187. The highest BCUT2D eigenvalue weighted by Crippen LogP contribution is 2.23. The number of carbonyl (C=O) groups is 1. The zero-order valence-corrected chi connectivity index (χ0v) is 18.1. The van der Waals surface area contributed by atoms with E-state index < -0.39 is 0 Å². The third-order valence-electron chi connectivity index (χ3n) is 4.89. The van der Waals surface area contributed by atoms with Crippen LogP contribution in [0.25, 0.3) is 0 Å². The molecule has 29 heavy (non-hydrogen) atoms. The zero-order valence-electron chi connectivity index (χ0n) is 17.3. The summed E-state index contributed by atoms with van der Waals surface area (Å²) in [5, 5.41) is 12.7. The predicted molar refractivity (Wildman–Crippen MR) is 118 cm³/mol. The van der Waals surface area contributed by atoms with Crippen molar-refractivity contribution in [1.82, 2.24) is 20.1 Å². The molecule has 5 nitrogen and oxygen atoms in total. The first-order valence-electron chi connectivity index (χ1n) is 10.1. The fourth-order valence-corrected chi connectivity index (χ4v) is 3.94. The van der Waals surface area contributed by atoms with Crippen molar-refractivity contribution in [2.75, 3.05) is 0 Å². The van der Waals surface area contributed by atoms with Gasteiger partial charge < -0.3 is 9.88 Å². The number of hydrogen-bond acceptors (Lipinski definition) is 4. The molecule has 3 rings (SSSR count). The molecule has 0 unspecified atom stereocenters. The maximum Gasteiger partial charge on any atom is 0.251 e. The first kappa shape index (κ1) is 21.1. The van der Waals surface area contributed by atoms with Gasteiger partial charge >= 0.3 is 0 Å². The third-order valence-corrected chi connectivity index (χ3v) is 5.93. The Kier molecular flexibility index (Phi) is 7.47. The second-order valence-electron chi connectivity index (χ2n) is 7.07. The maximum absolute atomic E-state index is 12.2. The van der Waals surface area contributed by atoms with Crippen molar-refractivity contribution in [3.8, 4) is 0 Å². The van der Waals surface area contributed by atoms with Crippen LogP contribution in [0, 0.1) is 0 Å². The van der Waals surface area contributed by atoms with Crippen molar-refractivity contribution in [1.29, 1.82) is 0 Å². The highest BCUT2D eigenvalue weighted by Gasteiger charge is 2.13. The fraction of sp³-hybridized carbons (Fsp3) is 0.348. The Bertz CT molecular complexity index is 922. The van der Waals surface area contributed by atoms with Gasteiger partial charge in [-0.25, -0.2) is 0 Å². The van der Waals surface area contributed by atoms with Gasteiger partial charge in [-0.3, -0.25) is 4.79 Å². The van der Waals surface area contributed by atoms with E-state index >= 15 is 0 Å². The lowest BCUT2D eigenvalue weighted by molar-refractivity contribution is 0.0939. The summed E-state index contributed by atoms with van der Waals surface area (Å²) in [5.74, 6) is 1.75. The molecule has 0 saturated heterocycles. The van der Waals surface area contributed by atoms with E-state index in [-0.39, 0.29) is 11.9 Å². The van der Waals surface area contributed by atoms with Crippen LogP contribution in [0.2, 0.25) is 0 Å². The van der Waals surface area contributed by atoms with Crippen LogP contribution in [0.1, 0.15) is 54.5 Å². The van der Waals surface area contributed by atoms with Gasteiger partial charge in [-0.2, -0.15) is 0 Å². The molecule has 0 bridgehead atoms. The first-order chi connectivity index (χ1) is 14.1. The lowest BCUT2D eigenvalue weighted by Crippen LogP contribution is -2.31. The molecule has 0 aliphatic heterocycles. The average molecular weight is 409 g/mol. The molecule has 1 aromatic heterocycles. The molecular weight excluding hydrogens is 380 g/mol. The van der Waals surface area contributed by atoms with Crippen molar-refractivity contribution in [2.24, 2.45) is 0 Å². The molecule has 2 aromatic carbocycles. The summed E-state index contributed by atoms with van der Waals surface area (Å²) in [6.07, 6.45) is 1.70. The number of amides is 1. The summed E-state index contributed by atoms with van der Waals surface area (Å²) < 4.78 is 2.17. The molecule has 1 atom stereocenters. The van der Waals surface area contributed by atoms with Gasteiger partial charge in [-0.05, 0) is 43.5 Å². The van der Waals surface area contributed by atoms with Gasteiger partial charge in [-0.15, -0.1) is 10.2 Å². The van der Waals surface area contributed by atoms with E-state index in [0.29, 0.717) is 5.56 Å². The minimum absolute atomic E-state index is 0.0187. The van der Waals surface area contributed by atoms with Gasteiger partial charge in [0, 0.05) is 30.3 Å². The van der Waals surface area contributed by atoms with Crippen molar-refractivity contribution in [3.05, 3.63) is 77.1 Å². The zero-order chi connectivity index (χ0) is 20.6. The predicted octanol–water partition coefficient (Wildman–Crippen LogP) is 4.71. The Hall–Kier alpha value is -2.60. The SMILES string of the molecule is CC[C@H](C)NC(=O)c1ccc(CSc2nnc(Cc3ccccc3)n2CC)cc1. The van der Waals surface area contributed by atoms with Crippen LogP contribution in [-0.4, -0.2) is 26.7 Å². The molecule has 0 saturated carbocycles. The Labute approximate surface area is 176 Å². The van der Waals surface area contributed by atoms with Gasteiger partial charge in [0.15, 0.2) is 5.16 Å². The van der Waals surface area contributed by atoms with E-state index in [1.165, 1.54) is 5.56 Å². The summed E-state index contributed by atoms with van der Waals surface area (Å²) >= 11 is 1.67.